The lowest BCUT2D eigenvalue weighted by Gasteiger charge is -1.97. The van der Waals surface area contributed by atoms with Gasteiger partial charge >= 0.3 is 0 Å². The van der Waals surface area contributed by atoms with Crippen LogP contribution in [0.25, 0.3) is 0 Å². The largest absolute Gasteiger partial charge is 0.298 e. The van der Waals surface area contributed by atoms with Gasteiger partial charge in [0, 0.05) is 12.1 Å². The molecular weight excluding hydrogens is 506 g/mol. The molecule has 0 unspecified atom stereocenters. The molecule has 0 aliphatic heterocycles. The number of rotatable bonds is 5. The highest BCUT2D eigenvalue weighted by Gasteiger charge is 2.20. The van der Waals surface area contributed by atoms with Gasteiger partial charge in [-0.05, 0) is 18.2 Å². The molecule has 0 saturated carbocycles. The zero-order valence-electron chi connectivity index (χ0n) is 17.3. The Hall–Kier alpha value is -4.95. The maximum Gasteiger partial charge on any atom is 0.283 e. The number of nitro benzene ring substituents is 2. The number of aldehydes is 3. The van der Waals surface area contributed by atoms with E-state index in [-0.39, 0.29) is 24.4 Å². The van der Waals surface area contributed by atoms with Gasteiger partial charge in [0.25, 0.3) is 11.4 Å². The van der Waals surface area contributed by atoms with Crippen LogP contribution in [0.4, 0.5) is 37.7 Å². The Labute approximate surface area is 195 Å². The van der Waals surface area contributed by atoms with Gasteiger partial charge in [-0.1, -0.05) is 6.07 Å². The Morgan fingerprint density at radius 2 is 1.17 bits per heavy atom. The highest BCUT2D eigenvalue weighted by Crippen LogP contribution is 2.21. The molecule has 15 heteroatoms. The molecule has 3 aromatic carbocycles. The van der Waals surface area contributed by atoms with E-state index in [4.69, 9.17) is 0 Å². The van der Waals surface area contributed by atoms with Gasteiger partial charge in [-0.3, -0.25) is 34.6 Å². The topological polar surface area (TPSA) is 137 Å². The van der Waals surface area contributed by atoms with Gasteiger partial charge in [-0.2, -0.15) is 0 Å². The third-order valence-corrected chi connectivity index (χ3v) is 3.91. The van der Waals surface area contributed by atoms with E-state index < -0.39 is 67.3 Å². The smallest absolute Gasteiger partial charge is 0.283 e. The minimum absolute atomic E-state index is 0.0193. The van der Waals surface area contributed by atoms with Crippen molar-refractivity contribution in [2.45, 2.75) is 0 Å². The molecule has 0 fully saturated rings. The molecular formula is C21H10F6N2O7. The number of halogens is 6. The number of non-ortho nitro benzene ring substituents is 1. The van der Waals surface area contributed by atoms with Gasteiger partial charge in [0.05, 0.1) is 27.0 Å². The van der Waals surface area contributed by atoms with E-state index in [1.54, 1.807) is 0 Å². The molecule has 9 nitrogen and oxygen atoms in total. The van der Waals surface area contributed by atoms with E-state index in [0.29, 0.717) is 18.2 Å². The van der Waals surface area contributed by atoms with Crippen LogP contribution in [0.15, 0.2) is 42.5 Å². The molecule has 0 atom stereocenters. The summed E-state index contributed by atoms with van der Waals surface area (Å²) in [6.07, 6.45) is 0.209. The normalized spacial score (nSPS) is 9.61. The summed E-state index contributed by atoms with van der Waals surface area (Å²) in [7, 11) is 0. The summed E-state index contributed by atoms with van der Waals surface area (Å²) < 4.78 is 75.0. The van der Waals surface area contributed by atoms with Crippen molar-refractivity contribution in [3.05, 3.63) is 114 Å². The highest BCUT2D eigenvalue weighted by atomic mass is 19.2. The fourth-order valence-electron chi connectivity index (χ4n) is 2.23. The number of nitrogens with zero attached hydrogens (tertiary/aromatic N) is 2. The average Bonchev–Trinajstić information content (AvgIpc) is 2.84. The van der Waals surface area contributed by atoms with Gasteiger partial charge < -0.3 is 0 Å². The molecule has 0 spiro atoms. The molecule has 3 rings (SSSR count). The van der Waals surface area contributed by atoms with Gasteiger partial charge in [-0.15, -0.1) is 0 Å². The molecule has 0 aliphatic carbocycles. The van der Waals surface area contributed by atoms with Crippen molar-refractivity contribution in [1.29, 1.82) is 0 Å². The molecule has 0 aliphatic rings. The summed E-state index contributed by atoms with van der Waals surface area (Å²) >= 11 is 0. The minimum atomic E-state index is -1.50. The second kappa shape index (κ2) is 13.1. The Morgan fingerprint density at radius 3 is 1.64 bits per heavy atom. The number of benzene rings is 3. The molecule has 36 heavy (non-hydrogen) atoms. The molecule has 3 aromatic rings. The third-order valence-electron chi connectivity index (χ3n) is 3.91. The monoisotopic (exact) mass is 516 g/mol. The zero-order valence-corrected chi connectivity index (χ0v) is 17.3. The first-order valence-electron chi connectivity index (χ1n) is 8.94. The molecule has 0 aromatic heterocycles. The van der Waals surface area contributed by atoms with Crippen LogP contribution in [0.2, 0.25) is 0 Å². The lowest BCUT2D eigenvalue weighted by molar-refractivity contribution is -0.385. The van der Waals surface area contributed by atoms with E-state index in [0.717, 1.165) is 12.1 Å². The fourth-order valence-corrected chi connectivity index (χ4v) is 2.23. The first-order valence-corrected chi connectivity index (χ1v) is 8.94. The van der Waals surface area contributed by atoms with Crippen molar-refractivity contribution in [3.8, 4) is 0 Å². The summed E-state index contributed by atoms with van der Waals surface area (Å²) in [5.74, 6) is -7.64. The summed E-state index contributed by atoms with van der Waals surface area (Å²) in [6.45, 7) is 0. The van der Waals surface area contributed by atoms with Crippen LogP contribution in [0.1, 0.15) is 31.1 Å². The van der Waals surface area contributed by atoms with Gasteiger partial charge in [-0.25, -0.2) is 26.3 Å². The van der Waals surface area contributed by atoms with Gasteiger partial charge in [0.2, 0.25) is 0 Å². The Morgan fingerprint density at radius 1 is 0.611 bits per heavy atom. The van der Waals surface area contributed by atoms with E-state index in [1.807, 2.05) is 0 Å². The third kappa shape index (κ3) is 7.28. The van der Waals surface area contributed by atoms with E-state index in [1.165, 1.54) is 12.1 Å². The SMILES string of the molecule is O=Cc1c([N+](=O)[O-])ccc(F)c1F.O=Cc1cc([N+](=O)[O-])cc(F)c1F.O=Cc1cccc(F)c1F. The quantitative estimate of drug-likeness (QED) is 0.198. The van der Waals surface area contributed by atoms with Crippen LogP contribution in [0.5, 0.6) is 0 Å². The summed E-state index contributed by atoms with van der Waals surface area (Å²) in [5, 5.41) is 20.3. The minimum Gasteiger partial charge on any atom is -0.298 e. The molecule has 188 valence electrons. The van der Waals surface area contributed by atoms with Crippen molar-refractivity contribution in [2.24, 2.45) is 0 Å². The van der Waals surface area contributed by atoms with Crippen molar-refractivity contribution in [1.82, 2.24) is 0 Å². The van der Waals surface area contributed by atoms with E-state index in [9.17, 15) is 61.0 Å². The Balaban J connectivity index is 0.000000273. The maximum absolute atomic E-state index is 12.7. The highest BCUT2D eigenvalue weighted by molar-refractivity contribution is 5.81. The van der Waals surface area contributed by atoms with E-state index >= 15 is 0 Å². The number of hydrogen-bond donors (Lipinski definition) is 0. The number of nitro groups is 2. The Kier molecular flexibility index (Phi) is 10.6. The molecule has 0 saturated heterocycles. The molecule has 0 heterocycles. The second-order valence-corrected chi connectivity index (χ2v) is 6.14. The lowest BCUT2D eigenvalue weighted by Crippen LogP contribution is -1.99. The predicted molar refractivity (Wildman–Crippen MR) is 109 cm³/mol. The van der Waals surface area contributed by atoms with Crippen molar-refractivity contribution < 1.29 is 50.6 Å². The van der Waals surface area contributed by atoms with Crippen molar-refractivity contribution >= 4 is 30.2 Å². The van der Waals surface area contributed by atoms with Gasteiger partial charge in [0.1, 0.15) is 5.56 Å². The molecule has 0 N–H and O–H groups in total. The molecule has 0 amide bonds. The number of carbonyl (C=O) groups excluding carboxylic acids is 3. The zero-order chi connectivity index (χ0) is 27.6. The summed E-state index contributed by atoms with van der Waals surface area (Å²) in [6, 6.07) is 5.88. The van der Waals surface area contributed by atoms with E-state index in [2.05, 4.69) is 0 Å². The maximum atomic E-state index is 12.7. The van der Waals surface area contributed by atoms with Crippen molar-refractivity contribution in [2.75, 3.05) is 0 Å². The fraction of sp³-hybridized carbons (Fsp3) is 0. The first-order chi connectivity index (χ1) is 16.9. The van der Waals surface area contributed by atoms with Crippen LogP contribution in [-0.4, -0.2) is 28.7 Å². The number of carbonyl (C=O) groups is 3. The molecule has 0 bridgehead atoms. The van der Waals surface area contributed by atoms with Crippen LogP contribution < -0.4 is 0 Å². The van der Waals surface area contributed by atoms with Gasteiger partial charge in [0.15, 0.2) is 53.8 Å². The number of hydrogen-bond acceptors (Lipinski definition) is 7. The predicted octanol–water partition coefficient (Wildman–Crippen LogP) is 5.15. The summed E-state index contributed by atoms with van der Waals surface area (Å²) in [4.78, 5) is 48.8. The van der Waals surface area contributed by atoms with Crippen LogP contribution >= 0.6 is 0 Å². The van der Waals surface area contributed by atoms with Crippen molar-refractivity contribution in [3.63, 3.8) is 0 Å². The Bertz CT molecular complexity index is 1330. The second-order valence-electron chi connectivity index (χ2n) is 6.14. The van der Waals surface area contributed by atoms with Crippen LogP contribution in [-0.2, 0) is 0 Å². The summed E-state index contributed by atoms with van der Waals surface area (Å²) in [5.41, 5.74) is -3.17. The lowest BCUT2D eigenvalue weighted by atomic mass is 10.2. The van der Waals surface area contributed by atoms with Crippen LogP contribution in [0, 0.1) is 55.1 Å². The average molecular weight is 516 g/mol. The first kappa shape index (κ1) is 29.1. The molecule has 0 radical (unpaired) electrons. The standard InChI is InChI=1S/2C7H3F2NO3.C7H4F2O/c8-6-2-5(10(12)13)1-4(3-11)7(6)9;8-5-1-2-6(10(12)13)4(3-11)7(5)9;8-6-3-1-2-5(4-10)7(6)9/h2*1-3H;1-4H. The van der Waals surface area contributed by atoms with Crippen LogP contribution in [0.3, 0.4) is 0 Å².